The van der Waals surface area contributed by atoms with Gasteiger partial charge >= 0.3 is 5.97 Å². The van der Waals surface area contributed by atoms with Gasteiger partial charge < -0.3 is 10.1 Å². The number of sulfonamides is 1. The van der Waals surface area contributed by atoms with Gasteiger partial charge in [-0.3, -0.25) is 4.79 Å². The molecule has 0 spiro atoms. The highest BCUT2D eigenvalue weighted by molar-refractivity contribution is 7.89. The van der Waals surface area contributed by atoms with Crippen LogP contribution in [0.25, 0.3) is 0 Å². The molecule has 1 heterocycles. The summed E-state index contributed by atoms with van der Waals surface area (Å²) in [5.74, 6) is -1.32. The van der Waals surface area contributed by atoms with E-state index in [1.54, 1.807) is 4.31 Å². The van der Waals surface area contributed by atoms with Crippen molar-refractivity contribution in [3.8, 4) is 6.07 Å². The van der Waals surface area contributed by atoms with Gasteiger partial charge in [-0.25, -0.2) is 13.2 Å². The molecule has 0 aromatic heterocycles. The number of nitrogens with one attached hydrogen (secondary N) is 1. The average Bonchev–Trinajstić information content (AvgIpc) is 3.33. The van der Waals surface area contributed by atoms with Gasteiger partial charge in [0.1, 0.15) is 5.54 Å². The van der Waals surface area contributed by atoms with Gasteiger partial charge in [-0.1, -0.05) is 26.8 Å². The zero-order valence-corrected chi connectivity index (χ0v) is 20.9. The number of carbonyl (C=O) groups excluding carboxylic acids is 2. The van der Waals surface area contributed by atoms with Crippen LogP contribution in [-0.2, 0) is 19.6 Å². The lowest BCUT2D eigenvalue weighted by atomic mass is 9.65. The summed E-state index contributed by atoms with van der Waals surface area (Å²) >= 11 is 0. The molecule has 2 unspecified atom stereocenters. The van der Waals surface area contributed by atoms with Crippen molar-refractivity contribution in [2.24, 2.45) is 10.8 Å². The summed E-state index contributed by atoms with van der Waals surface area (Å²) in [7, 11) is -3.79. The van der Waals surface area contributed by atoms with Gasteiger partial charge in [0.15, 0.2) is 6.61 Å². The molecule has 4 rings (SSSR count). The summed E-state index contributed by atoms with van der Waals surface area (Å²) in [5, 5.41) is 12.1. The molecule has 1 aromatic rings. The molecule has 2 aliphatic carbocycles. The fourth-order valence-electron chi connectivity index (χ4n) is 6.37. The fourth-order valence-corrected chi connectivity index (χ4v) is 8.19. The highest BCUT2D eigenvalue weighted by Gasteiger charge is 2.53. The molecular weight excluding hydrogens is 454 g/mol. The maximum Gasteiger partial charge on any atom is 0.338 e. The molecule has 1 N–H and O–H groups in total. The van der Waals surface area contributed by atoms with Crippen molar-refractivity contribution in [3.63, 3.8) is 0 Å². The molecule has 1 aliphatic heterocycles. The maximum atomic E-state index is 13.5. The highest BCUT2D eigenvalue weighted by Crippen LogP contribution is 2.53. The van der Waals surface area contributed by atoms with Crippen molar-refractivity contribution in [1.29, 1.82) is 5.26 Å². The number of rotatable bonds is 6. The van der Waals surface area contributed by atoms with Crippen molar-refractivity contribution in [3.05, 3.63) is 29.8 Å². The number of ether oxygens (including phenoxy) is 1. The molecule has 2 saturated carbocycles. The Hall–Kier alpha value is -2.44. The van der Waals surface area contributed by atoms with E-state index in [9.17, 15) is 23.3 Å². The van der Waals surface area contributed by atoms with E-state index >= 15 is 0 Å². The minimum Gasteiger partial charge on any atom is -0.452 e. The van der Waals surface area contributed by atoms with E-state index in [-0.39, 0.29) is 27.3 Å². The maximum absolute atomic E-state index is 13.5. The fraction of sp³-hybridized carbons (Fsp3) is 0.640. The van der Waals surface area contributed by atoms with E-state index < -0.39 is 34.0 Å². The van der Waals surface area contributed by atoms with Crippen molar-refractivity contribution in [2.45, 2.75) is 82.2 Å². The molecule has 8 nitrogen and oxygen atoms in total. The highest BCUT2D eigenvalue weighted by atomic mass is 32.2. The second kappa shape index (κ2) is 8.65. The first-order valence-electron chi connectivity index (χ1n) is 11.9. The van der Waals surface area contributed by atoms with E-state index in [1.807, 2.05) is 0 Å². The van der Waals surface area contributed by atoms with Crippen molar-refractivity contribution in [2.75, 3.05) is 13.2 Å². The van der Waals surface area contributed by atoms with Crippen LogP contribution in [0, 0.1) is 22.2 Å². The first-order chi connectivity index (χ1) is 15.9. The Labute approximate surface area is 201 Å². The zero-order chi connectivity index (χ0) is 24.8. The van der Waals surface area contributed by atoms with Crippen LogP contribution in [0.2, 0.25) is 0 Å². The standard InChI is InChI=1S/C25H33N3O5S/c1-23(2)12-19-13-24(3,15-23)17-28(19)34(31,32)20-8-6-7-18(11-20)22(30)33-14-21(29)27-25(16-26)9-4-5-10-25/h6-8,11,19H,4-5,9-10,12-15,17H2,1-3H3,(H,27,29). The Kier molecular flexibility index (Phi) is 6.28. The van der Waals surface area contributed by atoms with Gasteiger partial charge in [-0.2, -0.15) is 9.57 Å². The third-order valence-electron chi connectivity index (χ3n) is 7.43. The molecule has 2 bridgehead atoms. The van der Waals surface area contributed by atoms with Crippen LogP contribution >= 0.6 is 0 Å². The van der Waals surface area contributed by atoms with E-state index in [2.05, 4.69) is 32.2 Å². The van der Waals surface area contributed by atoms with Crippen LogP contribution in [0.15, 0.2) is 29.2 Å². The molecule has 184 valence electrons. The summed E-state index contributed by atoms with van der Waals surface area (Å²) in [6, 6.07) is 7.90. The molecule has 1 saturated heterocycles. The molecule has 9 heteroatoms. The number of esters is 1. The predicted molar refractivity (Wildman–Crippen MR) is 125 cm³/mol. The minimum absolute atomic E-state index is 0.0507. The summed E-state index contributed by atoms with van der Waals surface area (Å²) in [6.07, 6.45) is 5.52. The predicted octanol–water partition coefficient (Wildman–Crippen LogP) is 3.39. The Bertz CT molecular complexity index is 1130. The van der Waals surface area contributed by atoms with Gasteiger partial charge in [0, 0.05) is 12.6 Å². The van der Waals surface area contributed by atoms with Crippen LogP contribution < -0.4 is 5.32 Å². The number of nitriles is 1. The lowest BCUT2D eigenvalue weighted by Gasteiger charge is -2.39. The minimum atomic E-state index is -3.79. The molecule has 34 heavy (non-hydrogen) atoms. The molecule has 3 fully saturated rings. The third kappa shape index (κ3) is 4.84. The van der Waals surface area contributed by atoms with Gasteiger partial charge in [0.2, 0.25) is 10.0 Å². The Morgan fingerprint density at radius 3 is 2.59 bits per heavy atom. The lowest BCUT2D eigenvalue weighted by Crippen LogP contribution is -2.46. The normalized spacial score (nSPS) is 27.6. The lowest BCUT2D eigenvalue weighted by molar-refractivity contribution is -0.125. The number of nitrogens with zero attached hydrogens (tertiary/aromatic N) is 2. The van der Waals surface area contributed by atoms with E-state index in [1.165, 1.54) is 24.3 Å². The molecule has 3 aliphatic rings. The molecular formula is C25H33N3O5S. The van der Waals surface area contributed by atoms with Crippen LogP contribution in [0.4, 0.5) is 0 Å². The number of amides is 1. The van der Waals surface area contributed by atoms with E-state index in [4.69, 9.17) is 4.74 Å². The van der Waals surface area contributed by atoms with E-state index in [0.29, 0.717) is 19.4 Å². The Morgan fingerprint density at radius 2 is 1.91 bits per heavy atom. The smallest absolute Gasteiger partial charge is 0.338 e. The van der Waals surface area contributed by atoms with Gasteiger partial charge in [-0.15, -0.1) is 0 Å². The number of benzene rings is 1. The third-order valence-corrected chi connectivity index (χ3v) is 9.32. The van der Waals surface area contributed by atoms with Gasteiger partial charge in [-0.05, 0) is 74.0 Å². The largest absolute Gasteiger partial charge is 0.452 e. The van der Waals surface area contributed by atoms with Gasteiger partial charge in [0.25, 0.3) is 5.91 Å². The number of hydrogen-bond donors (Lipinski definition) is 1. The van der Waals surface area contributed by atoms with Crippen LogP contribution in [0.5, 0.6) is 0 Å². The monoisotopic (exact) mass is 487 g/mol. The van der Waals surface area contributed by atoms with Gasteiger partial charge in [0.05, 0.1) is 16.5 Å². The van der Waals surface area contributed by atoms with Crippen molar-refractivity contribution >= 4 is 21.9 Å². The number of carbonyl (C=O) groups is 2. The summed E-state index contributed by atoms with van der Waals surface area (Å²) in [4.78, 5) is 24.9. The molecule has 2 atom stereocenters. The number of hydrogen-bond acceptors (Lipinski definition) is 6. The first-order valence-corrected chi connectivity index (χ1v) is 13.3. The second-order valence-electron chi connectivity index (χ2n) is 11.3. The summed E-state index contributed by atoms with van der Waals surface area (Å²) < 4.78 is 33.8. The zero-order valence-electron chi connectivity index (χ0n) is 20.1. The number of fused-ring (bicyclic) bond motifs is 2. The molecule has 1 amide bonds. The average molecular weight is 488 g/mol. The second-order valence-corrected chi connectivity index (χ2v) is 13.2. The Balaban J connectivity index is 1.44. The van der Waals surface area contributed by atoms with Crippen LogP contribution in [0.1, 0.15) is 76.1 Å². The summed E-state index contributed by atoms with van der Waals surface area (Å²) in [5.41, 5.74) is -0.796. The quantitative estimate of drug-likeness (QED) is 0.615. The van der Waals surface area contributed by atoms with Crippen LogP contribution in [-0.4, -0.2) is 49.3 Å². The topological polar surface area (TPSA) is 117 Å². The molecule has 1 aromatic carbocycles. The summed E-state index contributed by atoms with van der Waals surface area (Å²) in [6.45, 7) is 6.47. The Morgan fingerprint density at radius 1 is 1.21 bits per heavy atom. The van der Waals surface area contributed by atoms with Crippen LogP contribution in [0.3, 0.4) is 0 Å². The van der Waals surface area contributed by atoms with Crippen molar-refractivity contribution in [1.82, 2.24) is 9.62 Å². The van der Waals surface area contributed by atoms with E-state index in [0.717, 1.165) is 32.1 Å². The first kappa shape index (κ1) is 24.7. The molecule has 0 radical (unpaired) electrons. The van der Waals surface area contributed by atoms with Crippen molar-refractivity contribution < 1.29 is 22.7 Å². The SMILES string of the molecule is CC1(C)CC2CC(C)(CN2S(=O)(=O)c2cccc(C(=O)OCC(=O)NC3(C#N)CCCC3)c2)C1.